The Morgan fingerprint density at radius 1 is 0.833 bits per heavy atom. The zero-order valence-corrected chi connectivity index (χ0v) is 15.5. The summed E-state index contributed by atoms with van der Waals surface area (Å²) in [4.78, 5) is 0. The second-order valence-corrected chi connectivity index (χ2v) is 12.8. The fourth-order valence-corrected chi connectivity index (χ4v) is 12.0. The quantitative estimate of drug-likeness (QED) is 0.313. The van der Waals surface area contributed by atoms with Gasteiger partial charge in [-0.3, -0.25) is 0 Å². The standard InChI is InChI=1S/C16H35ClSi/c1-8-13-16(6,7)18(17,14(9-2)10-3)15(11-4)12-5/h14-15H,8-13H2,1-7H3. The van der Waals surface area contributed by atoms with Crippen molar-refractivity contribution in [1.82, 2.24) is 0 Å². The molecular formula is C16H35ClSi. The van der Waals surface area contributed by atoms with Gasteiger partial charge in [-0.15, -0.1) is 0 Å². The molecule has 0 aromatic rings. The molecule has 0 heterocycles. The highest BCUT2D eigenvalue weighted by molar-refractivity contribution is 7.23. The van der Waals surface area contributed by atoms with Gasteiger partial charge in [0.05, 0.1) is 0 Å². The van der Waals surface area contributed by atoms with Crippen molar-refractivity contribution in [2.75, 3.05) is 0 Å². The summed E-state index contributed by atoms with van der Waals surface area (Å²) >= 11 is 7.48. The lowest BCUT2D eigenvalue weighted by Crippen LogP contribution is -2.48. The first-order valence-corrected chi connectivity index (χ1v) is 11.2. The molecule has 0 N–H and O–H groups in total. The molecule has 0 aliphatic heterocycles. The third-order valence-electron chi connectivity index (χ3n) is 5.07. The number of rotatable bonds is 9. The van der Waals surface area contributed by atoms with Gasteiger partial charge in [-0.25, -0.2) is 0 Å². The topological polar surface area (TPSA) is 0 Å². The van der Waals surface area contributed by atoms with Gasteiger partial charge in [-0.1, -0.05) is 80.6 Å². The zero-order chi connectivity index (χ0) is 14.4. The molecule has 0 radical (unpaired) electrons. The van der Waals surface area contributed by atoms with Gasteiger partial charge in [0.1, 0.15) is 0 Å². The minimum absolute atomic E-state index is 0.358. The van der Waals surface area contributed by atoms with E-state index in [0.29, 0.717) is 5.04 Å². The molecule has 0 rings (SSSR count). The van der Waals surface area contributed by atoms with Crippen LogP contribution in [0.5, 0.6) is 0 Å². The summed E-state index contributed by atoms with van der Waals surface area (Å²) in [5.74, 6) is 0. The van der Waals surface area contributed by atoms with Crippen molar-refractivity contribution in [3.05, 3.63) is 0 Å². The number of hydrogen-bond acceptors (Lipinski definition) is 0. The molecule has 0 spiro atoms. The summed E-state index contributed by atoms with van der Waals surface area (Å²) in [6.07, 6.45) is 7.59. The molecule has 0 aromatic carbocycles. The van der Waals surface area contributed by atoms with E-state index in [1.165, 1.54) is 38.5 Å². The highest BCUT2D eigenvalue weighted by Crippen LogP contribution is 2.59. The van der Waals surface area contributed by atoms with Crippen molar-refractivity contribution in [1.29, 1.82) is 0 Å². The summed E-state index contributed by atoms with van der Waals surface area (Å²) in [7, 11) is -1.78. The lowest BCUT2D eigenvalue weighted by molar-refractivity contribution is 0.526. The molecule has 0 aliphatic carbocycles. The third kappa shape index (κ3) is 3.54. The molecule has 0 saturated heterocycles. The molecule has 0 nitrogen and oxygen atoms in total. The Balaban J connectivity index is 5.51. The fraction of sp³-hybridized carbons (Fsp3) is 1.00. The maximum absolute atomic E-state index is 7.48. The van der Waals surface area contributed by atoms with Crippen molar-refractivity contribution in [3.63, 3.8) is 0 Å². The Bertz CT molecular complexity index is 205. The lowest BCUT2D eigenvalue weighted by Gasteiger charge is -2.49. The summed E-state index contributed by atoms with van der Waals surface area (Å²) in [6.45, 7) is 16.5. The van der Waals surface area contributed by atoms with Crippen LogP contribution in [-0.4, -0.2) is 7.38 Å². The van der Waals surface area contributed by atoms with Gasteiger partial charge >= 0.3 is 0 Å². The molecule has 110 valence electrons. The summed E-state index contributed by atoms with van der Waals surface area (Å²) < 4.78 is 0. The lowest BCUT2D eigenvalue weighted by atomic mass is 10.1. The van der Waals surface area contributed by atoms with Crippen LogP contribution in [0, 0.1) is 0 Å². The van der Waals surface area contributed by atoms with E-state index in [0.717, 1.165) is 11.1 Å². The molecule has 0 unspecified atom stereocenters. The Hall–Kier alpha value is 0.507. The molecule has 0 aromatic heterocycles. The van der Waals surface area contributed by atoms with Crippen LogP contribution in [0.2, 0.25) is 16.1 Å². The predicted molar refractivity (Wildman–Crippen MR) is 89.2 cm³/mol. The van der Waals surface area contributed by atoms with E-state index >= 15 is 0 Å². The van der Waals surface area contributed by atoms with E-state index in [2.05, 4.69) is 48.5 Å². The second-order valence-electron chi connectivity index (χ2n) is 6.43. The van der Waals surface area contributed by atoms with Gasteiger partial charge in [-0.2, -0.15) is 11.1 Å². The molecule has 18 heavy (non-hydrogen) atoms. The van der Waals surface area contributed by atoms with Crippen molar-refractivity contribution >= 4 is 18.5 Å². The molecule has 0 bridgehead atoms. The highest BCUT2D eigenvalue weighted by atomic mass is 35.6. The van der Waals surface area contributed by atoms with Crippen molar-refractivity contribution < 1.29 is 0 Å². The van der Waals surface area contributed by atoms with E-state index in [-0.39, 0.29) is 0 Å². The maximum atomic E-state index is 7.48. The minimum atomic E-state index is -1.78. The largest absolute Gasteiger partial charge is 0.168 e. The Labute approximate surface area is 122 Å². The normalized spacial score (nSPS) is 13.7. The van der Waals surface area contributed by atoms with Crippen LogP contribution in [-0.2, 0) is 0 Å². The van der Waals surface area contributed by atoms with Crippen molar-refractivity contribution in [3.8, 4) is 0 Å². The zero-order valence-electron chi connectivity index (χ0n) is 13.8. The first-order chi connectivity index (χ1) is 8.35. The number of halogens is 1. The Kier molecular flexibility index (Phi) is 8.17. The molecule has 0 atom stereocenters. The second kappa shape index (κ2) is 7.94. The van der Waals surface area contributed by atoms with Gasteiger partial charge in [-0.05, 0) is 22.5 Å². The molecular weight excluding hydrogens is 256 g/mol. The van der Waals surface area contributed by atoms with E-state index in [1.54, 1.807) is 0 Å². The van der Waals surface area contributed by atoms with Crippen LogP contribution in [0.3, 0.4) is 0 Å². The fourth-order valence-electron chi connectivity index (χ4n) is 4.02. The SMILES string of the molecule is CCCC(C)(C)[Si](Cl)(C(CC)CC)C(CC)CC. The average molecular weight is 291 g/mol. The van der Waals surface area contributed by atoms with E-state index in [9.17, 15) is 0 Å². The van der Waals surface area contributed by atoms with Gasteiger partial charge in [0.25, 0.3) is 0 Å². The maximum Gasteiger partial charge on any atom is 0.168 e. The van der Waals surface area contributed by atoms with Crippen LogP contribution in [0.1, 0.15) is 87.0 Å². The monoisotopic (exact) mass is 290 g/mol. The van der Waals surface area contributed by atoms with Crippen LogP contribution in [0.25, 0.3) is 0 Å². The van der Waals surface area contributed by atoms with Crippen LogP contribution in [0.4, 0.5) is 0 Å². The smallest absolute Gasteiger partial charge is 0.166 e. The summed E-state index contributed by atoms with van der Waals surface area (Å²) in [5.41, 5.74) is 1.54. The summed E-state index contributed by atoms with van der Waals surface area (Å²) in [5, 5.41) is 0.358. The van der Waals surface area contributed by atoms with Crippen molar-refractivity contribution in [2.24, 2.45) is 0 Å². The first-order valence-electron chi connectivity index (χ1n) is 8.04. The highest BCUT2D eigenvalue weighted by Gasteiger charge is 2.53. The van der Waals surface area contributed by atoms with Crippen molar-refractivity contribution in [2.45, 2.75) is 103 Å². The van der Waals surface area contributed by atoms with E-state index < -0.39 is 7.38 Å². The summed E-state index contributed by atoms with van der Waals surface area (Å²) in [6, 6.07) is 0. The molecule has 0 saturated carbocycles. The van der Waals surface area contributed by atoms with E-state index in [1.807, 2.05) is 0 Å². The average Bonchev–Trinajstić information content (AvgIpc) is 2.31. The molecule has 2 heteroatoms. The molecule has 0 fully saturated rings. The van der Waals surface area contributed by atoms with Crippen LogP contribution >= 0.6 is 11.1 Å². The van der Waals surface area contributed by atoms with Gasteiger partial charge in [0, 0.05) is 0 Å². The minimum Gasteiger partial charge on any atom is -0.166 e. The predicted octanol–water partition coefficient (Wildman–Crippen LogP) is 7.13. The molecule has 0 aliphatic rings. The van der Waals surface area contributed by atoms with E-state index in [4.69, 9.17) is 11.1 Å². The number of hydrogen-bond donors (Lipinski definition) is 0. The van der Waals surface area contributed by atoms with Gasteiger partial charge < -0.3 is 0 Å². The molecule has 0 amide bonds. The third-order valence-corrected chi connectivity index (χ3v) is 14.8. The van der Waals surface area contributed by atoms with Crippen LogP contribution in [0.15, 0.2) is 0 Å². The van der Waals surface area contributed by atoms with Gasteiger partial charge in [0.2, 0.25) is 0 Å². The Morgan fingerprint density at radius 3 is 1.39 bits per heavy atom. The van der Waals surface area contributed by atoms with Crippen LogP contribution < -0.4 is 0 Å². The van der Waals surface area contributed by atoms with Gasteiger partial charge in [0.15, 0.2) is 7.38 Å². The Morgan fingerprint density at radius 2 is 1.17 bits per heavy atom. The first kappa shape index (κ1) is 18.5.